The van der Waals surface area contributed by atoms with Crippen LogP contribution in [0.15, 0.2) is 0 Å². The number of Topliss-reactive ketones (excluding diaryl/α,β-unsaturated/α-hetero) is 1. The van der Waals surface area contributed by atoms with Gasteiger partial charge in [-0.15, -0.1) is 0 Å². The summed E-state index contributed by atoms with van der Waals surface area (Å²) in [7, 11) is 0. The Morgan fingerprint density at radius 1 is 0.812 bits per heavy atom. The topological polar surface area (TPSA) is 161 Å². The Balaban J connectivity index is 0. The van der Waals surface area contributed by atoms with E-state index in [2.05, 4.69) is 0 Å². The SMILES string of the molecule is NC1CCC(CC(=O)CN(CCO)CCO)CC1.O=C(O)C(F)(F)F.O=C(O)C(F)(F)F. The Bertz CT molecular complexity index is 535. The zero-order valence-electron chi connectivity index (χ0n) is 17.0. The number of aliphatic hydroxyl groups excluding tert-OH is 2. The minimum Gasteiger partial charge on any atom is -0.475 e. The monoisotopic (exact) mass is 486 g/mol. The van der Waals surface area contributed by atoms with E-state index < -0.39 is 24.3 Å². The molecular formula is C17H28F6N2O7. The summed E-state index contributed by atoms with van der Waals surface area (Å²) >= 11 is 0. The highest BCUT2D eigenvalue weighted by Gasteiger charge is 2.38. The lowest BCUT2D eigenvalue weighted by atomic mass is 9.83. The van der Waals surface area contributed by atoms with Crippen LogP contribution in [0.3, 0.4) is 0 Å². The third-order valence-corrected chi connectivity index (χ3v) is 4.13. The molecule has 0 radical (unpaired) electrons. The molecular weight excluding hydrogens is 458 g/mol. The van der Waals surface area contributed by atoms with Crippen molar-refractivity contribution in [2.45, 2.75) is 50.5 Å². The van der Waals surface area contributed by atoms with E-state index in [1.54, 1.807) is 4.90 Å². The van der Waals surface area contributed by atoms with Gasteiger partial charge in [0.2, 0.25) is 0 Å². The maximum Gasteiger partial charge on any atom is 0.490 e. The van der Waals surface area contributed by atoms with Crippen molar-refractivity contribution in [2.75, 3.05) is 32.8 Å². The number of aliphatic hydroxyl groups is 2. The van der Waals surface area contributed by atoms with E-state index in [-0.39, 0.29) is 19.0 Å². The fourth-order valence-electron chi connectivity index (χ4n) is 2.58. The second-order valence-corrected chi connectivity index (χ2v) is 6.85. The lowest BCUT2D eigenvalue weighted by Crippen LogP contribution is -2.36. The largest absolute Gasteiger partial charge is 0.490 e. The highest BCUT2D eigenvalue weighted by Crippen LogP contribution is 2.26. The van der Waals surface area contributed by atoms with Gasteiger partial charge in [-0.3, -0.25) is 9.69 Å². The first-order valence-corrected chi connectivity index (χ1v) is 9.36. The first kappa shape index (κ1) is 32.2. The van der Waals surface area contributed by atoms with Crippen molar-refractivity contribution in [3.8, 4) is 0 Å². The molecule has 1 fully saturated rings. The number of alkyl halides is 6. The molecule has 0 aromatic heterocycles. The molecule has 6 N–H and O–H groups in total. The number of carboxylic acids is 2. The first-order valence-electron chi connectivity index (χ1n) is 9.36. The van der Waals surface area contributed by atoms with Crippen LogP contribution >= 0.6 is 0 Å². The number of carboxylic acid groups (broad SMARTS) is 2. The zero-order chi connectivity index (χ0) is 25.5. The Labute approximate surface area is 179 Å². The first-order chi connectivity index (χ1) is 14.5. The molecule has 32 heavy (non-hydrogen) atoms. The van der Waals surface area contributed by atoms with E-state index >= 15 is 0 Å². The van der Waals surface area contributed by atoms with E-state index in [1.807, 2.05) is 0 Å². The number of hydrogen-bond donors (Lipinski definition) is 5. The number of nitrogens with zero attached hydrogens (tertiary/aromatic N) is 1. The number of halogens is 6. The van der Waals surface area contributed by atoms with Gasteiger partial charge >= 0.3 is 24.3 Å². The molecule has 9 nitrogen and oxygen atoms in total. The molecule has 0 unspecified atom stereocenters. The standard InChI is InChI=1S/C13H26N2O3.2C2HF3O2/c14-12-3-1-11(2-4-12)9-13(18)10-15(5-7-16)6-8-17;2*3-2(4,5)1(6)7/h11-12,16-17H,1-10,14H2;2*(H,6,7). The summed E-state index contributed by atoms with van der Waals surface area (Å²) < 4.78 is 63.5. The van der Waals surface area contributed by atoms with Gasteiger partial charge in [-0.25, -0.2) is 9.59 Å². The van der Waals surface area contributed by atoms with Crippen molar-refractivity contribution >= 4 is 17.7 Å². The van der Waals surface area contributed by atoms with Gasteiger partial charge in [-0.05, 0) is 31.6 Å². The number of carbonyl (C=O) groups is 3. The third-order valence-electron chi connectivity index (χ3n) is 4.13. The molecule has 190 valence electrons. The quantitative estimate of drug-likeness (QED) is 0.315. The maximum atomic E-state index is 11.9. The highest BCUT2D eigenvalue weighted by atomic mass is 19.4. The molecule has 1 rings (SSSR count). The number of ketones is 1. The summed E-state index contributed by atoms with van der Waals surface area (Å²) in [6.45, 7) is 1.27. The van der Waals surface area contributed by atoms with Crippen LogP contribution in [0.4, 0.5) is 26.3 Å². The van der Waals surface area contributed by atoms with Crippen LogP contribution < -0.4 is 5.73 Å². The molecule has 0 aliphatic heterocycles. The Hall–Kier alpha value is -1.97. The smallest absolute Gasteiger partial charge is 0.475 e. The normalized spacial score (nSPS) is 18.7. The second-order valence-electron chi connectivity index (χ2n) is 6.85. The number of aliphatic carboxylic acids is 2. The van der Waals surface area contributed by atoms with Gasteiger partial charge < -0.3 is 26.2 Å². The molecule has 1 saturated carbocycles. The van der Waals surface area contributed by atoms with E-state index in [9.17, 15) is 31.1 Å². The molecule has 0 bridgehead atoms. The summed E-state index contributed by atoms with van der Waals surface area (Å²) in [6, 6.07) is 0.316. The summed E-state index contributed by atoms with van der Waals surface area (Å²) in [5.41, 5.74) is 5.84. The van der Waals surface area contributed by atoms with E-state index in [1.165, 1.54) is 0 Å². The third kappa shape index (κ3) is 17.7. The summed E-state index contributed by atoms with van der Waals surface area (Å²) in [6.07, 6.45) is -5.41. The lowest BCUT2D eigenvalue weighted by Gasteiger charge is -2.26. The maximum absolute atomic E-state index is 11.9. The molecule has 1 aliphatic rings. The van der Waals surface area contributed by atoms with Crippen molar-refractivity contribution in [1.82, 2.24) is 4.90 Å². The van der Waals surface area contributed by atoms with Gasteiger partial charge in [0.25, 0.3) is 0 Å². The molecule has 0 saturated heterocycles. The highest BCUT2D eigenvalue weighted by molar-refractivity contribution is 5.80. The molecule has 0 aromatic carbocycles. The van der Waals surface area contributed by atoms with Gasteiger partial charge in [0, 0.05) is 25.6 Å². The van der Waals surface area contributed by atoms with Gasteiger partial charge in [0.05, 0.1) is 19.8 Å². The minimum atomic E-state index is -5.08. The van der Waals surface area contributed by atoms with Crippen molar-refractivity contribution < 1.29 is 61.2 Å². The fraction of sp³-hybridized carbons (Fsp3) is 0.824. The number of rotatable bonds is 8. The predicted octanol–water partition coefficient (Wildman–Crippen LogP) is 1.02. The predicted molar refractivity (Wildman–Crippen MR) is 97.6 cm³/mol. The summed E-state index contributed by atoms with van der Waals surface area (Å²) in [5, 5.41) is 32.0. The van der Waals surface area contributed by atoms with E-state index in [0.29, 0.717) is 38.0 Å². The van der Waals surface area contributed by atoms with Crippen LogP contribution in [0.2, 0.25) is 0 Å². The molecule has 0 aromatic rings. The molecule has 0 atom stereocenters. The van der Waals surface area contributed by atoms with Crippen molar-refractivity contribution in [3.63, 3.8) is 0 Å². The summed E-state index contributed by atoms with van der Waals surface area (Å²) in [5.74, 6) is -4.83. The molecule has 1 aliphatic carbocycles. The Kier molecular flexibility index (Phi) is 15.9. The zero-order valence-corrected chi connectivity index (χ0v) is 17.0. The van der Waals surface area contributed by atoms with Crippen molar-refractivity contribution in [1.29, 1.82) is 0 Å². The van der Waals surface area contributed by atoms with Crippen LogP contribution in [0.5, 0.6) is 0 Å². The van der Waals surface area contributed by atoms with Crippen LogP contribution in [0.25, 0.3) is 0 Å². The fourth-order valence-corrected chi connectivity index (χ4v) is 2.58. The average Bonchev–Trinajstić information content (AvgIpc) is 2.63. The van der Waals surface area contributed by atoms with Gasteiger partial charge in [-0.1, -0.05) is 0 Å². The van der Waals surface area contributed by atoms with Crippen LogP contribution in [0, 0.1) is 5.92 Å². The van der Waals surface area contributed by atoms with Crippen molar-refractivity contribution in [2.24, 2.45) is 11.7 Å². The Morgan fingerprint density at radius 3 is 1.44 bits per heavy atom. The molecule has 0 amide bonds. The van der Waals surface area contributed by atoms with Gasteiger partial charge in [-0.2, -0.15) is 26.3 Å². The average molecular weight is 486 g/mol. The van der Waals surface area contributed by atoms with Crippen LogP contribution in [-0.4, -0.2) is 94.3 Å². The number of nitrogens with two attached hydrogens (primary N) is 1. The molecule has 0 spiro atoms. The van der Waals surface area contributed by atoms with Crippen LogP contribution in [-0.2, 0) is 14.4 Å². The number of hydrogen-bond acceptors (Lipinski definition) is 7. The van der Waals surface area contributed by atoms with Gasteiger partial charge in [0.1, 0.15) is 5.78 Å². The number of carbonyl (C=O) groups excluding carboxylic acids is 1. The summed E-state index contributed by atoms with van der Waals surface area (Å²) in [4.78, 5) is 31.5. The molecule has 15 heteroatoms. The Morgan fingerprint density at radius 2 is 1.16 bits per heavy atom. The second kappa shape index (κ2) is 15.8. The van der Waals surface area contributed by atoms with Crippen molar-refractivity contribution in [3.05, 3.63) is 0 Å². The minimum absolute atomic E-state index is 0.0194. The van der Waals surface area contributed by atoms with E-state index in [0.717, 1.165) is 25.7 Å². The lowest BCUT2D eigenvalue weighted by molar-refractivity contribution is -0.193. The van der Waals surface area contributed by atoms with Crippen LogP contribution in [0.1, 0.15) is 32.1 Å². The van der Waals surface area contributed by atoms with Gasteiger partial charge in [0.15, 0.2) is 0 Å². The molecule has 0 heterocycles. The van der Waals surface area contributed by atoms with E-state index in [4.69, 9.17) is 35.7 Å².